The third-order valence-electron chi connectivity index (χ3n) is 6.04. The predicted octanol–water partition coefficient (Wildman–Crippen LogP) is 3.13. The van der Waals surface area contributed by atoms with E-state index in [1.807, 2.05) is 13.0 Å². The lowest BCUT2D eigenvalue weighted by Gasteiger charge is -2.44. The number of Topliss-reactive ketones (excluding diaryl/α,β-unsaturated/α-hetero) is 1. The molecule has 1 unspecified atom stereocenters. The quantitative estimate of drug-likeness (QED) is 0.634. The van der Waals surface area contributed by atoms with Gasteiger partial charge in [-0.05, 0) is 13.3 Å². The van der Waals surface area contributed by atoms with Gasteiger partial charge in [-0.25, -0.2) is 14.1 Å². The number of rotatable bonds is 6. The largest absolute Gasteiger partial charge is 0.476 e. The predicted molar refractivity (Wildman–Crippen MR) is 94.7 cm³/mol. The number of carboxylic acids is 1. The second-order valence-corrected chi connectivity index (χ2v) is 7.51. The Hall–Kier alpha value is -2.01. The Balaban J connectivity index is 2.67. The van der Waals surface area contributed by atoms with Crippen LogP contribution in [-0.2, 0) is 19.9 Å². The van der Waals surface area contributed by atoms with Gasteiger partial charge in [-0.3, -0.25) is 4.79 Å². The van der Waals surface area contributed by atoms with Gasteiger partial charge in [0.2, 0.25) is 5.54 Å². The third kappa shape index (κ3) is 2.71. The molecule has 0 radical (unpaired) electrons. The fraction of sp³-hybridized carbons (Fsp3) is 0.550. The number of likely N-dealkylation sites (tertiary alicyclic amines) is 1. The fourth-order valence-electron chi connectivity index (χ4n) is 4.02. The zero-order valence-electron chi connectivity index (χ0n) is 15.5. The molecule has 1 aromatic carbocycles. The Bertz CT molecular complexity index is 682. The number of carbonyl (C=O) groups is 3. The summed E-state index contributed by atoms with van der Waals surface area (Å²) in [6, 6.07) is 8.90. The molecule has 1 saturated heterocycles. The topological polar surface area (TPSA) is 71.4 Å². The SMILES string of the molecule is CCC(C)(C)C(=O)C(=O)[N+]1(CC)CCC[C@]1(C(=O)O)c1ccccc1. The van der Waals surface area contributed by atoms with Gasteiger partial charge in [-0.1, -0.05) is 51.1 Å². The van der Waals surface area contributed by atoms with Crippen LogP contribution >= 0.6 is 0 Å². The Labute approximate surface area is 149 Å². The summed E-state index contributed by atoms with van der Waals surface area (Å²) >= 11 is 0. The molecule has 1 aromatic rings. The summed E-state index contributed by atoms with van der Waals surface area (Å²) in [4.78, 5) is 38.8. The van der Waals surface area contributed by atoms with Crippen molar-refractivity contribution in [3.63, 3.8) is 0 Å². The maximum Gasteiger partial charge on any atom is 0.383 e. The lowest BCUT2D eigenvalue weighted by molar-refractivity contribution is -0.886. The van der Waals surface area contributed by atoms with Crippen LogP contribution in [0, 0.1) is 5.41 Å². The van der Waals surface area contributed by atoms with Crippen LogP contribution in [0.1, 0.15) is 52.5 Å². The van der Waals surface area contributed by atoms with E-state index in [0.29, 0.717) is 31.4 Å². The monoisotopic (exact) mass is 346 g/mol. The Morgan fingerprint density at radius 2 is 1.76 bits per heavy atom. The normalized spacial score (nSPS) is 26.4. The van der Waals surface area contributed by atoms with Crippen LogP contribution in [0.2, 0.25) is 0 Å². The Kier molecular flexibility index (Phi) is 5.19. The summed E-state index contributed by atoms with van der Waals surface area (Å²) in [6.07, 6.45) is 1.49. The highest BCUT2D eigenvalue weighted by Gasteiger charge is 2.66. The van der Waals surface area contributed by atoms with Gasteiger partial charge in [0, 0.05) is 23.8 Å². The van der Waals surface area contributed by atoms with Gasteiger partial charge in [0.25, 0.3) is 5.78 Å². The molecule has 0 bridgehead atoms. The highest BCUT2D eigenvalue weighted by atomic mass is 16.4. The minimum Gasteiger partial charge on any atom is -0.476 e. The first kappa shape index (κ1) is 19.3. The van der Waals surface area contributed by atoms with Gasteiger partial charge in [0.05, 0.1) is 13.1 Å². The molecule has 0 saturated carbocycles. The molecule has 1 N–H and O–H groups in total. The zero-order chi connectivity index (χ0) is 18.9. The minimum absolute atomic E-state index is 0.283. The molecule has 136 valence electrons. The highest BCUT2D eigenvalue weighted by molar-refractivity contribution is 6.35. The Morgan fingerprint density at radius 1 is 1.16 bits per heavy atom. The maximum atomic E-state index is 13.4. The van der Waals surface area contributed by atoms with Crippen LogP contribution in [0.15, 0.2) is 30.3 Å². The molecule has 2 atom stereocenters. The number of hydrogen-bond donors (Lipinski definition) is 1. The fourth-order valence-corrected chi connectivity index (χ4v) is 4.02. The van der Waals surface area contributed by atoms with Gasteiger partial charge in [-0.2, -0.15) is 0 Å². The molecule has 1 aliphatic heterocycles. The first-order valence-corrected chi connectivity index (χ1v) is 8.95. The van der Waals surface area contributed by atoms with Crippen LogP contribution in [0.4, 0.5) is 0 Å². The average molecular weight is 346 g/mol. The second kappa shape index (κ2) is 6.71. The lowest BCUT2D eigenvalue weighted by atomic mass is 9.81. The molecule has 1 aliphatic rings. The van der Waals surface area contributed by atoms with E-state index in [0.717, 1.165) is 0 Å². The number of likely N-dealkylation sites (N-methyl/N-ethyl adjacent to an activating group) is 1. The van der Waals surface area contributed by atoms with E-state index in [9.17, 15) is 19.5 Å². The molecule has 25 heavy (non-hydrogen) atoms. The number of quaternary nitrogens is 1. The molecular weight excluding hydrogens is 318 g/mol. The number of carbonyl (C=O) groups excluding carboxylic acids is 2. The van der Waals surface area contributed by atoms with Crippen molar-refractivity contribution in [2.45, 2.75) is 52.5 Å². The van der Waals surface area contributed by atoms with Crippen molar-refractivity contribution >= 4 is 17.7 Å². The second-order valence-electron chi connectivity index (χ2n) is 7.51. The number of nitrogens with zero attached hydrogens (tertiary/aromatic N) is 1. The van der Waals surface area contributed by atoms with E-state index in [1.54, 1.807) is 45.0 Å². The van der Waals surface area contributed by atoms with Crippen molar-refractivity contribution in [2.24, 2.45) is 5.41 Å². The minimum atomic E-state index is -1.40. The first-order valence-electron chi connectivity index (χ1n) is 8.95. The maximum absolute atomic E-state index is 13.4. The van der Waals surface area contributed by atoms with Gasteiger partial charge in [0.15, 0.2) is 0 Å². The van der Waals surface area contributed by atoms with Crippen molar-refractivity contribution in [1.29, 1.82) is 0 Å². The molecular formula is C20H28NO4+. The van der Waals surface area contributed by atoms with E-state index in [1.165, 1.54) is 0 Å². The number of aliphatic carboxylic acids is 1. The summed E-state index contributed by atoms with van der Waals surface area (Å²) in [5.74, 6) is -2.08. The van der Waals surface area contributed by atoms with E-state index >= 15 is 0 Å². The van der Waals surface area contributed by atoms with Crippen molar-refractivity contribution in [3.05, 3.63) is 35.9 Å². The van der Waals surface area contributed by atoms with Crippen molar-refractivity contribution < 1.29 is 24.0 Å². The number of carboxylic acid groups (broad SMARTS) is 1. The Morgan fingerprint density at radius 3 is 2.24 bits per heavy atom. The van der Waals surface area contributed by atoms with Gasteiger partial charge >= 0.3 is 11.9 Å². The molecule has 1 heterocycles. The standard InChI is InChI=1S/C20H27NO4/c1-5-19(3,4)16(22)17(23)21(6-2)14-10-13-20(21,18(24)25)15-11-8-7-9-12-15/h7-9,11-12H,5-6,10,13-14H2,1-4H3/p+1/t20-,21?/m1/s1. The molecule has 0 aromatic heterocycles. The molecule has 5 nitrogen and oxygen atoms in total. The third-order valence-corrected chi connectivity index (χ3v) is 6.04. The summed E-state index contributed by atoms with van der Waals surface area (Å²) in [5.41, 5.74) is -1.59. The summed E-state index contributed by atoms with van der Waals surface area (Å²) < 4.78 is -0.325. The van der Waals surface area contributed by atoms with E-state index in [-0.39, 0.29) is 11.0 Å². The van der Waals surface area contributed by atoms with Crippen LogP contribution < -0.4 is 0 Å². The number of ketones is 1. The van der Waals surface area contributed by atoms with E-state index in [2.05, 4.69) is 0 Å². The van der Waals surface area contributed by atoms with Gasteiger partial charge in [-0.15, -0.1) is 0 Å². The first-order chi connectivity index (χ1) is 11.7. The smallest absolute Gasteiger partial charge is 0.383 e. The molecule has 5 heteroatoms. The van der Waals surface area contributed by atoms with E-state index in [4.69, 9.17) is 0 Å². The number of benzene rings is 1. The number of hydrogen-bond acceptors (Lipinski definition) is 3. The average Bonchev–Trinajstić information content (AvgIpc) is 3.02. The molecule has 2 rings (SSSR count). The van der Waals surface area contributed by atoms with Crippen LogP contribution in [0.5, 0.6) is 0 Å². The van der Waals surface area contributed by atoms with Crippen LogP contribution in [0.25, 0.3) is 0 Å². The molecule has 1 fully saturated rings. The molecule has 1 amide bonds. The van der Waals surface area contributed by atoms with E-state index < -0.39 is 28.6 Å². The molecule has 0 aliphatic carbocycles. The lowest BCUT2D eigenvalue weighted by Crippen LogP contribution is -2.68. The van der Waals surface area contributed by atoms with Crippen molar-refractivity contribution in [3.8, 4) is 0 Å². The molecule has 0 spiro atoms. The van der Waals surface area contributed by atoms with Crippen LogP contribution in [-0.4, -0.2) is 40.3 Å². The van der Waals surface area contributed by atoms with Crippen molar-refractivity contribution in [2.75, 3.05) is 13.1 Å². The summed E-state index contributed by atoms with van der Waals surface area (Å²) in [6.45, 7) is 7.83. The van der Waals surface area contributed by atoms with Gasteiger partial charge < -0.3 is 5.11 Å². The van der Waals surface area contributed by atoms with Crippen LogP contribution in [0.3, 0.4) is 0 Å². The zero-order valence-corrected chi connectivity index (χ0v) is 15.5. The number of amides is 1. The highest BCUT2D eigenvalue weighted by Crippen LogP contribution is 2.46. The van der Waals surface area contributed by atoms with Crippen molar-refractivity contribution in [1.82, 2.24) is 0 Å². The summed E-state index contributed by atoms with van der Waals surface area (Å²) in [5, 5.41) is 10.2. The van der Waals surface area contributed by atoms with Gasteiger partial charge in [0.1, 0.15) is 0 Å². The summed E-state index contributed by atoms with van der Waals surface area (Å²) in [7, 11) is 0.